The minimum atomic E-state index is 0.852. The van der Waals surface area contributed by atoms with E-state index in [2.05, 4.69) is 19.0 Å². The molecule has 1 unspecified atom stereocenters. The molecule has 0 N–H and O–H groups in total. The Morgan fingerprint density at radius 3 is 2.17 bits per heavy atom. The molecule has 0 aromatic heterocycles. The summed E-state index contributed by atoms with van der Waals surface area (Å²) >= 11 is 2.00. The second kappa shape index (κ2) is 1.43. The second-order valence-electron chi connectivity index (χ2n) is 1.75. The zero-order chi connectivity index (χ0) is 4.57. The maximum Gasteiger partial charge on any atom is 0.0645 e. The number of hydrogen-bond acceptors (Lipinski definition) is 2. The van der Waals surface area contributed by atoms with Crippen LogP contribution in [0.25, 0.3) is 0 Å². The van der Waals surface area contributed by atoms with Crippen molar-refractivity contribution in [2.24, 2.45) is 0 Å². The fraction of sp³-hybridized carbons (Fsp3) is 1.00. The molecular weight excluding hydrogens is 94.1 g/mol. The molecule has 0 aromatic carbocycles. The van der Waals surface area contributed by atoms with Gasteiger partial charge in [0.05, 0.1) is 5.37 Å². The summed E-state index contributed by atoms with van der Waals surface area (Å²) in [5.41, 5.74) is 0. The van der Waals surface area contributed by atoms with Gasteiger partial charge in [-0.2, -0.15) is 0 Å². The van der Waals surface area contributed by atoms with Crippen molar-refractivity contribution in [2.45, 2.75) is 5.37 Å². The van der Waals surface area contributed by atoms with E-state index in [-0.39, 0.29) is 0 Å². The van der Waals surface area contributed by atoms with Crippen LogP contribution in [0, 0.1) is 0 Å². The molecule has 0 radical (unpaired) electrons. The van der Waals surface area contributed by atoms with E-state index in [4.69, 9.17) is 0 Å². The SMILES string of the molecule is CN(C)C1CS1. The zero-order valence-electron chi connectivity index (χ0n) is 4.14. The largest absolute Gasteiger partial charge is 0.297 e. The molecule has 1 nitrogen and oxygen atoms in total. The Morgan fingerprint density at radius 2 is 2.17 bits per heavy atom. The van der Waals surface area contributed by atoms with Crippen molar-refractivity contribution in [3.8, 4) is 0 Å². The smallest absolute Gasteiger partial charge is 0.0645 e. The molecule has 36 valence electrons. The van der Waals surface area contributed by atoms with E-state index in [0.717, 1.165) is 5.37 Å². The van der Waals surface area contributed by atoms with Gasteiger partial charge in [-0.25, -0.2) is 0 Å². The highest BCUT2D eigenvalue weighted by molar-refractivity contribution is 8.06. The Bertz CT molecular complexity index is 49.5. The predicted molar refractivity (Wildman–Crippen MR) is 29.9 cm³/mol. The molecule has 1 fully saturated rings. The number of nitrogens with zero attached hydrogens (tertiary/aromatic N) is 1. The summed E-state index contributed by atoms with van der Waals surface area (Å²) in [7, 11) is 4.23. The van der Waals surface area contributed by atoms with E-state index in [1.54, 1.807) is 0 Å². The molecule has 1 aliphatic rings. The van der Waals surface area contributed by atoms with Crippen molar-refractivity contribution in [1.29, 1.82) is 0 Å². The quantitative estimate of drug-likeness (QED) is 0.448. The van der Waals surface area contributed by atoms with Crippen molar-refractivity contribution >= 4 is 11.8 Å². The molecule has 1 rings (SSSR count). The van der Waals surface area contributed by atoms with E-state index < -0.39 is 0 Å². The summed E-state index contributed by atoms with van der Waals surface area (Å²) in [6, 6.07) is 0. The van der Waals surface area contributed by atoms with Crippen molar-refractivity contribution in [2.75, 3.05) is 19.8 Å². The lowest BCUT2D eigenvalue weighted by Crippen LogP contribution is -2.13. The van der Waals surface area contributed by atoms with Gasteiger partial charge in [-0.3, -0.25) is 4.90 Å². The van der Waals surface area contributed by atoms with Gasteiger partial charge >= 0.3 is 0 Å². The average Bonchev–Trinajstić information content (AvgIpc) is 2.06. The van der Waals surface area contributed by atoms with Gasteiger partial charge in [-0.05, 0) is 14.1 Å². The van der Waals surface area contributed by atoms with Gasteiger partial charge in [0, 0.05) is 5.75 Å². The van der Waals surface area contributed by atoms with Crippen molar-refractivity contribution < 1.29 is 0 Å². The highest BCUT2D eigenvalue weighted by atomic mass is 32.2. The molecule has 0 aliphatic carbocycles. The van der Waals surface area contributed by atoms with Crippen LogP contribution in [0.15, 0.2) is 0 Å². The first-order valence-electron chi connectivity index (χ1n) is 2.09. The van der Waals surface area contributed by atoms with Crippen LogP contribution >= 0.6 is 11.8 Å². The first-order valence-corrected chi connectivity index (χ1v) is 3.13. The molecule has 6 heavy (non-hydrogen) atoms. The van der Waals surface area contributed by atoms with Gasteiger partial charge in [-0.15, -0.1) is 11.8 Å². The lowest BCUT2D eigenvalue weighted by Gasteiger charge is -2.01. The van der Waals surface area contributed by atoms with Gasteiger partial charge < -0.3 is 0 Å². The lowest BCUT2D eigenvalue weighted by molar-refractivity contribution is 0.430. The standard InChI is InChI=1S/C4H9NS/c1-5(2)4-3-6-4/h4H,3H2,1-2H3. The summed E-state index contributed by atoms with van der Waals surface area (Å²) < 4.78 is 0. The monoisotopic (exact) mass is 103 g/mol. The van der Waals surface area contributed by atoms with E-state index in [9.17, 15) is 0 Å². The first-order chi connectivity index (χ1) is 2.80. The Labute approximate surface area is 42.7 Å². The first kappa shape index (κ1) is 4.47. The highest BCUT2D eigenvalue weighted by Gasteiger charge is 2.23. The third-order valence-electron chi connectivity index (χ3n) is 0.892. The Hall–Kier alpha value is 0.310. The van der Waals surface area contributed by atoms with E-state index in [0.29, 0.717) is 0 Å². The van der Waals surface area contributed by atoms with E-state index in [1.165, 1.54) is 5.75 Å². The van der Waals surface area contributed by atoms with Gasteiger partial charge in [0.15, 0.2) is 0 Å². The third kappa shape index (κ3) is 0.884. The van der Waals surface area contributed by atoms with Crippen LogP contribution in [0.5, 0.6) is 0 Å². The van der Waals surface area contributed by atoms with Crippen LogP contribution in [0.2, 0.25) is 0 Å². The number of thioether (sulfide) groups is 1. The fourth-order valence-electron chi connectivity index (χ4n) is 0.341. The predicted octanol–water partition coefficient (Wildman–Crippen LogP) is 0.621. The van der Waals surface area contributed by atoms with E-state index >= 15 is 0 Å². The van der Waals surface area contributed by atoms with Gasteiger partial charge in [-0.1, -0.05) is 0 Å². The molecule has 0 aromatic rings. The van der Waals surface area contributed by atoms with Crippen LogP contribution in [0.1, 0.15) is 0 Å². The summed E-state index contributed by atoms with van der Waals surface area (Å²) in [6.45, 7) is 0. The Balaban J connectivity index is 2.13. The van der Waals surface area contributed by atoms with Crippen molar-refractivity contribution in [1.82, 2.24) is 4.90 Å². The van der Waals surface area contributed by atoms with Crippen molar-refractivity contribution in [3.63, 3.8) is 0 Å². The van der Waals surface area contributed by atoms with Crippen LogP contribution in [-0.2, 0) is 0 Å². The lowest BCUT2D eigenvalue weighted by atomic mass is 10.7. The average molecular weight is 103 g/mol. The molecule has 0 saturated carbocycles. The van der Waals surface area contributed by atoms with Crippen LogP contribution in [0.4, 0.5) is 0 Å². The number of rotatable bonds is 1. The minimum Gasteiger partial charge on any atom is -0.297 e. The summed E-state index contributed by atoms with van der Waals surface area (Å²) in [4.78, 5) is 2.24. The zero-order valence-corrected chi connectivity index (χ0v) is 4.96. The molecule has 0 spiro atoms. The molecule has 1 aliphatic heterocycles. The van der Waals surface area contributed by atoms with E-state index in [1.807, 2.05) is 11.8 Å². The topological polar surface area (TPSA) is 3.24 Å². The van der Waals surface area contributed by atoms with Crippen LogP contribution < -0.4 is 0 Å². The highest BCUT2D eigenvalue weighted by Crippen LogP contribution is 2.30. The maximum absolute atomic E-state index is 2.24. The summed E-state index contributed by atoms with van der Waals surface area (Å²) in [6.07, 6.45) is 0. The molecule has 0 amide bonds. The Kier molecular flexibility index (Phi) is 1.06. The molecule has 0 bridgehead atoms. The van der Waals surface area contributed by atoms with Crippen molar-refractivity contribution in [3.05, 3.63) is 0 Å². The minimum absolute atomic E-state index is 0.852. The van der Waals surface area contributed by atoms with Crippen LogP contribution in [-0.4, -0.2) is 30.1 Å². The van der Waals surface area contributed by atoms with Gasteiger partial charge in [0.25, 0.3) is 0 Å². The van der Waals surface area contributed by atoms with Gasteiger partial charge in [0.1, 0.15) is 0 Å². The van der Waals surface area contributed by atoms with Crippen LogP contribution in [0.3, 0.4) is 0 Å². The molecule has 1 heterocycles. The molecule has 2 heteroatoms. The number of hydrogen-bond donors (Lipinski definition) is 0. The third-order valence-corrected chi connectivity index (χ3v) is 1.94. The summed E-state index contributed by atoms with van der Waals surface area (Å²) in [5, 5.41) is 0.852. The molecule has 1 saturated heterocycles. The maximum atomic E-state index is 2.24. The normalized spacial score (nSPS) is 31.5. The summed E-state index contributed by atoms with van der Waals surface area (Å²) in [5.74, 6) is 1.34. The fourth-order valence-corrected chi connectivity index (χ4v) is 1.02. The Morgan fingerprint density at radius 1 is 1.67 bits per heavy atom. The molecular formula is C4H9NS. The van der Waals surface area contributed by atoms with Gasteiger partial charge in [0.2, 0.25) is 0 Å². The molecule has 1 atom stereocenters. The second-order valence-corrected chi connectivity index (χ2v) is 2.96.